The minimum Gasteiger partial charge on any atom is -0.363 e. The van der Waals surface area contributed by atoms with Gasteiger partial charge in [-0.25, -0.2) is 0 Å². The van der Waals surface area contributed by atoms with E-state index in [0.717, 1.165) is 0 Å². The molecule has 66 valence electrons. The zero-order valence-corrected chi connectivity index (χ0v) is 6.20. The van der Waals surface area contributed by atoms with Crippen LogP contribution in [-0.2, 0) is 19.2 Å². The van der Waals surface area contributed by atoms with E-state index in [4.69, 9.17) is 0 Å². The van der Waals surface area contributed by atoms with Crippen molar-refractivity contribution in [3.05, 3.63) is 0 Å². The first-order valence-electron chi connectivity index (χ1n) is 3.10. The van der Waals surface area contributed by atoms with Crippen LogP contribution in [0.5, 0.6) is 0 Å². The summed E-state index contributed by atoms with van der Waals surface area (Å²) < 4.78 is 0. The predicted molar refractivity (Wildman–Crippen MR) is 37.6 cm³/mol. The third-order valence-electron chi connectivity index (χ3n) is 1.13. The van der Waals surface area contributed by atoms with Gasteiger partial charge in [0, 0.05) is 12.8 Å². The van der Waals surface area contributed by atoms with E-state index in [0.29, 0.717) is 0 Å². The Bertz CT molecular complexity index is 220. The zero-order chi connectivity index (χ0) is 9.72. The summed E-state index contributed by atoms with van der Waals surface area (Å²) in [5.74, 6) is -4.01. The SMILES string of the molecule is NC(=O)C(=O)CCC(=O)C(N)=O. The highest BCUT2D eigenvalue weighted by atomic mass is 16.2. The summed E-state index contributed by atoms with van der Waals surface area (Å²) in [4.78, 5) is 41.2. The molecule has 0 aliphatic rings. The molecular formula is C6H8N2O4. The maximum atomic E-state index is 10.5. The number of nitrogens with two attached hydrogens (primary N) is 2. The van der Waals surface area contributed by atoms with Crippen LogP contribution in [0.3, 0.4) is 0 Å². The summed E-state index contributed by atoms with van der Waals surface area (Å²) in [6, 6.07) is 0. The van der Waals surface area contributed by atoms with Crippen molar-refractivity contribution in [2.24, 2.45) is 11.5 Å². The molecule has 12 heavy (non-hydrogen) atoms. The van der Waals surface area contributed by atoms with E-state index in [9.17, 15) is 19.2 Å². The molecule has 0 fully saturated rings. The van der Waals surface area contributed by atoms with E-state index in [-0.39, 0.29) is 12.8 Å². The molecule has 0 bridgehead atoms. The lowest BCUT2D eigenvalue weighted by molar-refractivity contribution is -0.138. The molecule has 0 unspecified atom stereocenters. The minimum atomic E-state index is -1.12. The minimum absolute atomic E-state index is 0.364. The Labute approximate surface area is 67.9 Å². The number of ketones is 2. The molecule has 4 N–H and O–H groups in total. The van der Waals surface area contributed by atoms with Gasteiger partial charge in [-0.3, -0.25) is 19.2 Å². The molecule has 0 aromatic carbocycles. The second-order valence-electron chi connectivity index (χ2n) is 2.07. The van der Waals surface area contributed by atoms with Crippen molar-refractivity contribution in [3.8, 4) is 0 Å². The van der Waals surface area contributed by atoms with E-state index in [1.807, 2.05) is 0 Å². The quantitative estimate of drug-likeness (QED) is 0.460. The molecule has 6 nitrogen and oxygen atoms in total. The third-order valence-corrected chi connectivity index (χ3v) is 1.13. The second kappa shape index (κ2) is 4.22. The average Bonchev–Trinajstić information content (AvgIpc) is 1.98. The van der Waals surface area contributed by atoms with Crippen LogP contribution < -0.4 is 11.5 Å². The van der Waals surface area contributed by atoms with Gasteiger partial charge in [0.1, 0.15) is 0 Å². The van der Waals surface area contributed by atoms with Gasteiger partial charge in [0.15, 0.2) is 0 Å². The van der Waals surface area contributed by atoms with Crippen molar-refractivity contribution in [1.82, 2.24) is 0 Å². The summed E-state index contributed by atoms with van der Waals surface area (Å²) in [7, 11) is 0. The Kier molecular flexibility index (Phi) is 3.61. The van der Waals surface area contributed by atoms with Crippen LogP contribution in [0, 0.1) is 0 Å². The lowest BCUT2D eigenvalue weighted by atomic mass is 10.1. The van der Waals surface area contributed by atoms with Gasteiger partial charge in [-0.1, -0.05) is 0 Å². The number of hydrogen-bond donors (Lipinski definition) is 2. The molecule has 0 aromatic rings. The van der Waals surface area contributed by atoms with Crippen molar-refractivity contribution in [3.63, 3.8) is 0 Å². The first-order chi connectivity index (χ1) is 5.45. The van der Waals surface area contributed by atoms with E-state index in [1.54, 1.807) is 0 Å². The van der Waals surface area contributed by atoms with Gasteiger partial charge in [0.25, 0.3) is 11.8 Å². The molecule has 2 amide bonds. The Morgan fingerprint density at radius 1 is 0.750 bits per heavy atom. The summed E-state index contributed by atoms with van der Waals surface area (Å²) in [5.41, 5.74) is 9.16. The molecule has 0 spiro atoms. The van der Waals surface area contributed by atoms with Crippen LogP contribution in [-0.4, -0.2) is 23.4 Å². The van der Waals surface area contributed by atoms with Crippen molar-refractivity contribution in [1.29, 1.82) is 0 Å². The van der Waals surface area contributed by atoms with Crippen LogP contribution >= 0.6 is 0 Å². The van der Waals surface area contributed by atoms with Crippen molar-refractivity contribution in [2.75, 3.05) is 0 Å². The highest BCUT2D eigenvalue weighted by molar-refractivity contribution is 6.39. The molecule has 0 aliphatic heterocycles. The number of carbonyl (C=O) groups excluding carboxylic acids is 4. The first-order valence-corrected chi connectivity index (χ1v) is 3.10. The molecule has 0 aromatic heterocycles. The molecule has 0 atom stereocenters. The molecule has 0 saturated heterocycles. The fraction of sp³-hybridized carbons (Fsp3) is 0.333. The number of amides is 2. The van der Waals surface area contributed by atoms with E-state index in [2.05, 4.69) is 11.5 Å². The van der Waals surface area contributed by atoms with Gasteiger partial charge in [-0.15, -0.1) is 0 Å². The maximum Gasteiger partial charge on any atom is 0.284 e. The first kappa shape index (κ1) is 10.3. The monoisotopic (exact) mass is 172 g/mol. The molecule has 6 heteroatoms. The van der Waals surface area contributed by atoms with E-state index >= 15 is 0 Å². The molecule has 0 heterocycles. The highest BCUT2D eigenvalue weighted by Gasteiger charge is 2.14. The number of rotatable bonds is 5. The Morgan fingerprint density at radius 2 is 1.00 bits per heavy atom. The molecule has 0 saturated carbocycles. The number of hydrogen-bond acceptors (Lipinski definition) is 4. The largest absolute Gasteiger partial charge is 0.363 e. The molecule has 0 rings (SSSR count). The van der Waals surface area contributed by atoms with Crippen LogP contribution in [0.15, 0.2) is 0 Å². The third kappa shape index (κ3) is 3.45. The highest BCUT2D eigenvalue weighted by Crippen LogP contribution is 1.91. The van der Waals surface area contributed by atoms with Crippen LogP contribution in [0.2, 0.25) is 0 Å². The van der Waals surface area contributed by atoms with Crippen molar-refractivity contribution in [2.45, 2.75) is 12.8 Å². The molecule has 0 aliphatic carbocycles. The predicted octanol–water partition coefficient (Wildman–Crippen LogP) is -2.12. The van der Waals surface area contributed by atoms with Crippen molar-refractivity contribution >= 4 is 23.4 Å². The number of carbonyl (C=O) groups is 4. The zero-order valence-electron chi connectivity index (χ0n) is 6.20. The smallest absolute Gasteiger partial charge is 0.284 e. The van der Waals surface area contributed by atoms with Crippen molar-refractivity contribution < 1.29 is 19.2 Å². The fourth-order valence-corrected chi connectivity index (χ4v) is 0.473. The van der Waals surface area contributed by atoms with Crippen LogP contribution in [0.1, 0.15) is 12.8 Å². The summed E-state index contributed by atoms with van der Waals surface area (Å²) in [6.45, 7) is 0. The number of Topliss-reactive ketones (excluding diaryl/α,β-unsaturated/α-hetero) is 2. The fourth-order valence-electron chi connectivity index (χ4n) is 0.473. The topological polar surface area (TPSA) is 120 Å². The van der Waals surface area contributed by atoms with Gasteiger partial charge in [-0.2, -0.15) is 0 Å². The van der Waals surface area contributed by atoms with Gasteiger partial charge in [0.2, 0.25) is 11.6 Å². The lowest BCUT2D eigenvalue weighted by Gasteiger charge is -1.93. The van der Waals surface area contributed by atoms with E-state index in [1.165, 1.54) is 0 Å². The maximum absolute atomic E-state index is 10.5. The number of primary amides is 2. The summed E-state index contributed by atoms with van der Waals surface area (Å²) in [5, 5.41) is 0. The summed E-state index contributed by atoms with van der Waals surface area (Å²) in [6.07, 6.45) is -0.728. The van der Waals surface area contributed by atoms with Crippen LogP contribution in [0.4, 0.5) is 0 Å². The Hall–Kier alpha value is -1.72. The Morgan fingerprint density at radius 3 is 1.17 bits per heavy atom. The normalized spacial score (nSPS) is 9.00. The lowest BCUT2D eigenvalue weighted by Crippen LogP contribution is -2.27. The Balaban J connectivity index is 3.85. The molecular weight excluding hydrogens is 164 g/mol. The van der Waals surface area contributed by atoms with Crippen LogP contribution in [0.25, 0.3) is 0 Å². The standard InChI is InChI=1S/C6H8N2O4/c7-5(11)3(9)1-2-4(10)6(8)12/h1-2H2,(H2,7,11)(H2,8,12). The van der Waals surface area contributed by atoms with Gasteiger partial charge < -0.3 is 11.5 Å². The van der Waals surface area contributed by atoms with E-state index < -0.39 is 23.4 Å². The van der Waals surface area contributed by atoms with Gasteiger partial charge >= 0.3 is 0 Å². The van der Waals surface area contributed by atoms with Gasteiger partial charge in [0.05, 0.1) is 0 Å². The second-order valence-corrected chi connectivity index (χ2v) is 2.07. The van der Waals surface area contributed by atoms with Gasteiger partial charge in [-0.05, 0) is 0 Å². The molecule has 0 radical (unpaired) electrons. The average molecular weight is 172 g/mol. The summed E-state index contributed by atoms with van der Waals surface area (Å²) >= 11 is 0.